The number of para-hydroxylation sites is 2. The molecule has 2 aromatic rings. The Labute approximate surface area is 160 Å². The maximum atomic E-state index is 13.4. The molecular weight excluding hydrogens is 377 g/mol. The molecule has 5 nitrogen and oxygen atoms in total. The van der Waals surface area contributed by atoms with Gasteiger partial charge in [-0.05, 0) is 67.7 Å². The smallest absolute Gasteiger partial charge is 0.124 e. The first-order valence-electron chi connectivity index (χ1n) is 8.51. The summed E-state index contributed by atoms with van der Waals surface area (Å²) in [5.74, 6) is -0.468. The van der Waals surface area contributed by atoms with Gasteiger partial charge in [-0.3, -0.25) is 13.4 Å². The Morgan fingerprint density at radius 1 is 1.04 bits per heavy atom. The summed E-state index contributed by atoms with van der Waals surface area (Å²) in [6.45, 7) is 1.45. The third kappa shape index (κ3) is 3.63. The van der Waals surface area contributed by atoms with Crippen molar-refractivity contribution in [3.8, 4) is 0 Å². The molecule has 0 unspecified atom stereocenters. The first-order valence-corrected chi connectivity index (χ1v) is 10.4. The Kier molecular flexibility index (Phi) is 5.94. The predicted molar refractivity (Wildman–Crippen MR) is 108 cm³/mol. The fourth-order valence-corrected chi connectivity index (χ4v) is 5.23. The van der Waals surface area contributed by atoms with Gasteiger partial charge < -0.3 is 5.32 Å². The molecule has 2 aromatic carbocycles. The van der Waals surface area contributed by atoms with Crippen LogP contribution in [0.3, 0.4) is 0 Å². The zero-order valence-electron chi connectivity index (χ0n) is 14.5. The number of halogens is 2. The number of rotatable bonds is 7. The van der Waals surface area contributed by atoms with Crippen LogP contribution in [0, 0.1) is 5.82 Å². The quantitative estimate of drug-likeness (QED) is 0.543. The van der Waals surface area contributed by atoms with Crippen LogP contribution in [0.15, 0.2) is 42.5 Å². The van der Waals surface area contributed by atoms with E-state index in [4.69, 9.17) is 11.6 Å². The minimum atomic E-state index is -3.32. The van der Waals surface area contributed by atoms with Crippen molar-refractivity contribution in [1.82, 2.24) is 5.32 Å². The van der Waals surface area contributed by atoms with Gasteiger partial charge in [0.15, 0.2) is 0 Å². The predicted octanol–water partition coefficient (Wildman–Crippen LogP) is 5.41. The number of benzene rings is 2. The van der Waals surface area contributed by atoms with E-state index < -0.39 is 16.8 Å². The van der Waals surface area contributed by atoms with Gasteiger partial charge in [-0.15, -0.1) is 0 Å². The Morgan fingerprint density at radius 2 is 1.77 bits per heavy atom. The molecule has 0 radical (unpaired) electrons. The van der Waals surface area contributed by atoms with Crippen LogP contribution in [0.1, 0.15) is 19.3 Å². The second kappa shape index (κ2) is 8.02. The number of nitrogens with one attached hydrogen (secondary N) is 1. The molecule has 26 heavy (non-hydrogen) atoms. The summed E-state index contributed by atoms with van der Waals surface area (Å²) in [6.07, 6.45) is 2.84. The summed E-state index contributed by atoms with van der Waals surface area (Å²) in [7, 11) is -1.41. The van der Waals surface area contributed by atoms with Gasteiger partial charge in [0.2, 0.25) is 0 Å². The van der Waals surface area contributed by atoms with E-state index in [1.165, 1.54) is 22.5 Å². The molecule has 0 saturated heterocycles. The fourth-order valence-electron chi connectivity index (χ4n) is 3.09. The first-order chi connectivity index (χ1) is 12.5. The van der Waals surface area contributed by atoms with Crippen LogP contribution in [0.25, 0.3) is 0 Å². The lowest BCUT2D eigenvalue weighted by Gasteiger charge is -2.44. The molecule has 142 valence electrons. The lowest BCUT2D eigenvalue weighted by molar-refractivity contribution is 0.482. The van der Waals surface area contributed by atoms with Gasteiger partial charge >= 0.3 is 0 Å². The molecule has 0 atom stereocenters. The van der Waals surface area contributed by atoms with E-state index in [9.17, 15) is 13.5 Å². The summed E-state index contributed by atoms with van der Waals surface area (Å²) >= 11 is 6.20. The van der Waals surface area contributed by atoms with Gasteiger partial charge in [0.1, 0.15) is 5.82 Å². The van der Waals surface area contributed by atoms with Gasteiger partial charge in [0.25, 0.3) is 0 Å². The van der Waals surface area contributed by atoms with E-state index >= 15 is 0 Å². The molecule has 0 saturated carbocycles. The summed E-state index contributed by atoms with van der Waals surface area (Å²) in [4.78, 5) is 0. The minimum absolute atomic E-state index is 0.135. The number of anilines is 3. The zero-order valence-corrected chi connectivity index (χ0v) is 16.1. The molecule has 0 bridgehead atoms. The molecule has 0 amide bonds. The highest BCUT2D eigenvalue weighted by Crippen LogP contribution is 2.64. The second-order valence-corrected chi connectivity index (χ2v) is 8.33. The van der Waals surface area contributed by atoms with Crippen LogP contribution in [0.4, 0.5) is 21.5 Å². The maximum absolute atomic E-state index is 13.4. The third-order valence-corrected chi connectivity index (χ3v) is 6.48. The minimum Gasteiger partial charge on any atom is -0.320 e. The first kappa shape index (κ1) is 19.3. The lowest BCUT2D eigenvalue weighted by Crippen LogP contribution is -2.32. The average Bonchev–Trinajstić information content (AvgIpc) is 2.82. The molecule has 3 N–H and O–H groups in total. The van der Waals surface area contributed by atoms with Crippen LogP contribution >= 0.6 is 22.6 Å². The van der Waals surface area contributed by atoms with Crippen molar-refractivity contribution in [1.29, 1.82) is 0 Å². The van der Waals surface area contributed by atoms with Crippen molar-refractivity contribution in [2.24, 2.45) is 0 Å². The van der Waals surface area contributed by atoms with E-state index in [1.807, 2.05) is 31.3 Å². The van der Waals surface area contributed by atoms with Crippen molar-refractivity contribution >= 4 is 39.6 Å². The topological polar surface area (TPSA) is 59.0 Å². The summed E-state index contributed by atoms with van der Waals surface area (Å²) in [5.41, 5.74) is 1.76. The van der Waals surface area contributed by atoms with Crippen LogP contribution in [-0.4, -0.2) is 29.2 Å². The van der Waals surface area contributed by atoms with Crippen molar-refractivity contribution in [3.63, 3.8) is 0 Å². The SMILES string of the molecule is CNCCCCCN1c2ccccc2N(c2ccc(F)cc2Cl)S1(O)O. The third-order valence-electron chi connectivity index (χ3n) is 4.33. The molecule has 0 aliphatic carbocycles. The highest BCUT2D eigenvalue weighted by atomic mass is 35.5. The molecule has 0 aromatic heterocycles. The Morgan fingerprint density at radius 3 is 2.46 bits per heavy atom. The van der Waals surface area contributed by atoms with Crippen LogP contribution in [-0.2, 0) is 0 Å². The molecule has 0 spiro atoms. The van der Waals surface area contributed by atoms with Crippen molar-refractivity contribution in [3.05, 3.63) is 53.3 Å². The molecule has 1 aliphatic heterocycles. The molecular formula is C18H23ClFN3O2S. The standard InChI is InChI=1S/C18H23ClFN3O2S/c1-21-11-5-2-6-12-22-17-7-3-4-8-18(17)23(26(22,24)25)16-10-9-14(20)13-15(16)19/h3-4,7-10,13,21,24-25H,2,5-6,11-12H2,1H3. The van der Waals surface area contributed by atoms with Gasteiger partial charge in [0.05, 0.1) is 22.1 Å². The number of hydrogen-bond donors (Lipinski definition) is 3. The van der Waals surface area contributed by atoms with Crippen LogP contribution in [0.5, 0.6) is 0 Å². The molecule has 0 fully saturated rings. The summed E-state index contributed by atoms with van der Waals surface area (Å²) in [6, 6.07) is 11.3. The Balaban J connectivity index is 1.91. The van der Waals surface area contributed by atoms with Crippen LogP contribution < -0.4 is 13.9 Å². The van der Waals surface area contributed by atoms with Gasteiger partial charge in [0, 0.05) is 6.54 Å². The van der Waals surface area contributed by atoms with E-state index in [0.29, 0.717) is 17.9 Å². The maximum Gasteiger partial charge on any atom is 0.124 e. The molecule has 1 aliphatic rings. The van der Waals surface area contributed by atoms with E-state index in [-0.39, 0.29) is 5.02 Å². The summed E-state index contributed by atoms with van der Waals surface area (Å²) < 4.78 is 38.5. The number of hydrogen-bond acceptors (Lipinski definition) is 5. The molecule has 3 rings (SSSR count). The zero-order chi connectivity index (χ0) is 18.7. The van der Waals surface area contributed by atoms with Crippen molar-refractivity contribution in [2.45, 2.75) is 19.3 Å². The second-order valence-electron chi connectivity index (χ2n) is 6.14. The number of fused-ring (bicyclic) bond motifs is 1. The van der Waals surface area contributed by atoms with Crippen LogP contribution in [0.2, 0.25) is 5.02 Å². The summed E-state index contributed by atoms with van der Waals surface area (Å²) in [5, 5.41) is 3.24. The van der Waals surface area contributed by atoms with E-state index in [1.54, 1.807) is 4.31 Å². The van der Waals surface area contributed by atoms with Gasteiger partial charge in [-0.25, -0.2) is 8.70 Å². The number of unbranched alkanes of at least 4 members (excludes halogenated alkanes) is 2. The highest BCUT2D eigenvalue weighted by Gasteiger charge is 2.41. The monoisotopic (exact) mass is 399 g/mol. The van der Waals surface area contributed by atoms with E-state index in [0.717, 1.165) is 31.5 Å². The van der Waals surface area contributed by atoms with E-state index in [2.05, 4.69) is 5.32 Å². The van der Waals surface area contributed by atoms with Gasteiger partial charge in [-0.2, -0.15) is 0 Å². The highest BCUT2D eigenvalue weighted by molar-refractivity contribution is 8.27. The Bertz CT molecular complexity index is 778. The fraction of sp³-hybridized carbons (Fsp3) is 0.333. The molecule has 8 heteroatoms. The largest absolute Gasteiger partial charge is 0.320 e. The normalized spacial score (nSPS) is 16.7. The average molecular weight is 400 g/mol. The Hall–Kier alpha value is -1.51. The van der Waals surface area contributed by atoms with Crippen molar-refractivity contribution in [2.75, 3.05) is 28.7 Å². The number of nitrogens with zero attached hydrogens (tertiary/aromatic N) is 2. The van der Waals surface area contributed by atoms with Crippen molar-refractivity contribution < 1.29 is 13.5 Å². The van der Waals surface area contributed by atoms with Gasteiger partial charge in [-0.1, -0.05) is 30.2 Å². The lowest BCUT2D eigenvalue weighted by atomic mass is 10.2. The molecule has 1 heterocycles.